The average Bonchev–Trinajstić information content (AvgIpc) is 2.40. The molecule has 0 radical (unpaired) electrons. The van der Waals surface area contributed by atoms with E-state index in [0.717, 1.165) is 26.0 Å². The lowest BCUT2D eigenvalue weighted by Crippen LogP contribution is -2.29. The van der Waals surface area contributed by atoms with Gasteiger partial charge in [0.25, 0.3) is 0 Å². The minimum absolute atomic E-state index is 0.352. The summed E-state index contributed by atoms with van der Waals surface area (Å²) in [5.41, 5.74) is 0. The molecule has 1 atom stereocenters. The van der Waals surface area contributed by atoms with Crippen molar-refractivity contribution < 1.29 is 14.2 Å². The molecular formula is C15H29NO3. The van der Waals surface area contributed by atoms with Crippen LogP contribution < -0.4 is 5.32 Å². The van der Waals surface area contributed by atoms with Gasteiger partial charge in [0.15, 0.2) is 0 Å². The van der Waals surface area contributed by atoms with Gasteiger partial charge in [-0.3, -0.25) is 0 Å². The smallest absolute Gasteiger partial charge is 0.0701 e. The molecule has 0 heterocycles. The first-order chi connectivity index (χ1) is 9.31. The largest absolute Gasteiger partial charge is 0.379 e. The molecule has 0 bridgehead atoms. The first-order valence-electron chi connectivity index (χ1n) is 7.21. The molecule has 0 aliphatic rings. The van der Waals surface area contributed by atoms with E-state index in [2.05, 4.69) is 25.1 Å². The first kappa shape index (κ1) is 18.4. The van der Waals surface area contributed by atoms with E-state index < -0.39 is 0 Å². The Kier molecular flexibility index (Phi) is 15.0. The Labute approximate surface area is 118 Å². The van der Waals surface area contributed by atoms with E-state index in [-0.39, 0.29) is 0 Å². The van der Waals surface area contributed by atoms with E-state index >= 15 is 0 Å². The molecule has 4 nitrogen and oxygen atoms in total. The summed E-state index contributed by atoms with van der Waals surface area (Å²) in [6.45, 7) is 9.12. The second-order valence-corrected chi connectivity index (χ2v) is 4.45. The molecule has 4 heteroatoms. The van der Waals surface area contributed by atoms with Crippen molar-refractivity contribution in [2.45, 2.75) is 39.2 Å². The van der Waals surface area contributed by atoms with Crippen LogP contribution in [0.5, 0.6) is 0 Å². The summed E-state index contributed by atoms with van der Waals surface area (Å²) in [6, 6.07) is 0.352. The third-order valence-electron chi connectivity index (χ3n) is 2.55. The van der Waals surface area contributed by atoms with E-state index in [1.165, 1.54) is 6.42 Å². The third kappa shape index (κ3) is 15.3. The second kappa shape index (κ2) is 15.5. The molecule has 112 valence electrons. The highest BCUT2D eigenvalue weighted by Gasteiger charge is 1.97. The van der Waals surface area contributed by atoms with Crippen molar-refractivity contribution in [1.82, 2.24) is 5.32 Å². The lowest BCUT2D eigenvalue weighted by atomic mass is 10.2. The van der Waals surface area contributed by atoms with Crippen LogP contribution in [0.3, 0.4) is 0 Å². The predicted molar refractivity (Wildman–Crippen MR) is 78.3 cm³/mol. The van der Waals surface area contributed by atoms with Crippen LogP contribution in [-0.2, 0) is 14.2 Å². The average molecular weight is 271 g/mol. The number of ether oxygens (including phenoxy) is 3. The fourth-order valence-electron chi connectivity index (χ4n) is 1.41. The zero-order valence-corrected chi connectivity index (χ0v) is 12.5. The number of nitrogens with one attached hydrogen (secondary N) is 1. The Morgan fingerprint density at radius 1 is 1.00 bits per heavy atom. The Balaban J connectivity index is 3.01. The molecule has 0 saturated heterocycles. The molecule has 1 unspecified atom stereocenters. The third-order valence-corrected chi connectivity index (χ3v) is 2.55. The summed E-state index contributed by atoms with van der Waals surface area (Å²) < 4.78 is 16.2. The maximum atomic E-state index is 5.43. The number of hydrogen-bond acceptors (Lipinski definition) is 4. The normalized spacial score (nSPS) is 12.3. The maximum absolute atomic E-state index is 5.43. The lowest BCUT2D eigenvalue weighted by Gasteiger charge is -2.11. The first-order valence-corrected chi connectivity index (χ1v) is 7.21. The van der Waals surface area contributed by atoms with Crippen LogP contribution in [0.2, 0.25) is 0 Å². The molecule has 0 aromatic carbocycles. The molecule has 0 rings (SSSR count). The van der Waals surface area contributed by atoms with Crippen molar-refractivity contribution in [3.8, 4) is 12.3 Å². The van der Waals surface area contributed by atoms with Gasteiger partial charge in [0.1, 0.15) is 0 Å². The lowest BCUT2D eigenvalue weighted by molar-refractivity contribution is 0.0144. The molecule has 1 N–H and O–H groups in total. The van der Waals surface area contributed by atoms with Crippen molar-refractivity contribution in [3.63, 3.8) is 0 Å². The molecule has 0 aliphatic carbocycles. The van der Waals surface area contributed by atoms with Crippen molar-refractivity contribution in [2.24, 2.45) is 0 Å². The SMILES string of the molecule is C#CCC(C)NCCOCCOCCOCCCC. The minimum atomic E-state index is 0.352. The van der Waals surface area contributed by atoms with Gasteiger partial charge in [0.05, 0.1) is 33.0 Å². The summed E-state index contributed by atoms with van der Waals surface area (Å²) in [6.07, 6.45) is 8.26. The van der Waals surface area contributed by atoms with Gasteiger partial charge in [-0.25, -0.2) is 0 Å². The second-order valence-electron chi connectivity index (χ2n) is 4.45. The van der Waals surface area contributed by atoms with Crippen LogP contribution in [-0.4, -0.2) is 52.2 Å². The highest BCUT2D eigenvalue weighted by molar-refractivity contribution is 4.87. The highest BCUT2D eigenvalue weighted by atomic mass is 16.5. The fourth-order valence-corrected chi connectivity index (χ4v) is 1.41. The highest BCUT2D eigenvalue weighted by Crippen LogP contribution is 1.88. The molecule has 0 spiro atoms. The summed E-state index contributed by atoms with van der Waals surface area (Å²) in [5, 5.41) is 3.29. The zero-order valence-electron chi connectivity index (χ0n) is 12.5. The number of hydrogen-bond donors (Lipinski definition) is 1. The van der Waals surface area contributed by atoms with Crippen molar-refractivity contribution in [2.75, 3.05) is 46.2 Å². The zero-order chi connectivity index (χ0) is 14.2. The Bertz CT molecular complexity index is 216. The van der Waals surface area contributed by atoms with Crippen LogP contribution in [0.25, 0.3) is 0 Å². The van der Waals surface area contributed by atoms with Crippen molar-refractivity contribution in [1.29, 1.82) is 0 Å². The van der Waals surface area contributed by atoms with Crippen molar-refractivity contribution >= 4 is 0 Å². The van der Waals surface area contributed by atoms with Gasteiger partial charge >= 0.3 is 0 Å². The molecule has 0 saturated carbocycles. The van der Waals surface area contributed by atoms with Crippen LogP contribution in [0.4, 0.5) is 0 Å². The molecule has 0 fully saturated rings. The number of unbranched alkanes of at least 4 members (excludes halogenated alkanes) is 1. The maximum Gasteiger partial charge on any atom is 0.0701 e. The topological polar surface area (TPSA) is 39.7 Å². The summed E-state index contributed by atoms with van der Waals surface area (Å²) >= 11 is 0. The van der Waals surface area contributed by atoms with Gasteiger partial charge < -0.3 is 19.5 Å². The van der Waals surface area contributed by atoms with E-state index in [1.807, 2.05) is 0 Å². The monoisotopic (exact) mass is 271 g/mol. The summed E-state index contributed by atoms with van der Waals surface area (Å²) in [7, 11) is 0. The van der Waals surface area contributed by atoms with E-state index in [4.69, 9.17) is 20.6 Å². The van der Waals surface area contributed by atoms with Crippen LogP contribution in [0, 0.1) is 12.3 Å². The van der Waals surface area contributed by atoms with Crippen LogP contribution in [0.15, 0.2) is 0 Å². The molecular weight excluding hydrogens is 242 g/mol. The molecule has 0 aromatic heterocycles. The molecule has 0 amide bonds. The van der Waals surface area contributed by atoms with Crippen LogP contribution in [0.1, 0.15) is 33.1 Å². The minimum Gasteiger partial charge on any atom is -0.379 e. The molecule has 0 aliphatic heterocycles. The summed E-state index contributed by atoms with van der Waals surface area (Å²) in [4.78, 5) is 0. The van der Waals surface area contributed by atoms with Gasteiger partial charge in [-0.1, -0.05) is 13.3 Å². The number of terminal acetylenes is 1. The van der Waals surface area contributed by atoms with Gasteiger partial charge in [-0.2, -0.15) is 0 Å². The predicted octanol–water partition coefficient (Wildman–Crippen LogP) is 1.84. The molecule has 0 aromatic rings. The van der Waals surface area contributed by atoms with Gasteiger partial charge in [-0.05, 0) is 13.3 Å². The fraction of sp³-hybridized carbons (Fsp3) is 0.867. The Morgan fingerprint density at radius 3 is 2.16 bits per heavy atom. The van der Waals surface area contributed by atoms with E-state index in [0.29, 0.717) is 39.1 Å². The van der Waals surface area contributed by atoms with Gasteiger partial charge in [-0.15, -0.1) is 12.3 Å². The number of rotatable bonds is 14. The van der Waals surface area contributed by atoms with Gasteiger partial charge in [0, 0.05) is 25.6 Å². The quantitative estimate of drug-likeness (QED) is 0.386. The standard InChI is InChI=1S/C15H29NO3/c1-4-6-9-17-11-13-19-14-12-18-10-8-16-15(3)7-5-2/h2,15-16H,4,6-14H2,1,3H3. The van der Waals surface area contributed by atoms with E-state index in [1.54, 1.807) is 0 Å². The van der Waals surface area contributed by atoms with Crippen LogP contribution >= 0.6 is 0 Å². The van der Waals surface area contributed by atoms with Gasteiger partial charge in [0.2, 0.25) is 0 Å². The molecule has 19 heavy (non-hydrogen) atoms. The Morgan fingerprint density at radius 2 is 1.58 bits per heavy atom. The van der Waals surface area contributed by atoms with E-state index in [9.17, 15) is 0 Å². The Hall–Kier alpha value is -0.600. The summed E-state index contributed by atoms with van der Waals surface area (Å²) in [5.74, 6) is 2.63. The van der Waals surface area contributed by atoms with Crippen molar-refractivity contribution in [3.05, 3.63) is 0 Å².